The molecule has 0 bridgehead atoms. The number of phenolic OH excluding ortho intramolecular Hbond substituents is 1. The minimum absolute atomic E-state index is 0.124. The molecule has 0 spiro atoms. The summed E-state index contributed by atoms with van der Waals surface area (Å²) in [6.45, 7) is 1.80. The molecule has 0 unspecified atom stereocenters. The average Bonchev–Trinajstić information content (AvgIpc) is 2.80. The number of nitrogens with one attached hydrogen (secondary N) is 2. The second kappa shape index (κ2) is 5.66. The van der Waals surface area contributed by atoms with Crippen molar-refractivity contribution in [3.05, 3.63) is 45.7 Å². The van der Waals surface area contributed by atoms with E-state index < -0.39 is 5.91 Å². The molecule has 7 heteroatoms. The topological polar surface area (TPSA) is 90.4 Å². The molecule has 98 valence electrons. The van der Waals surface area contributed by atoms with Crippen molar-refractivity contribution in [3.8, 4) is 5.75 Å². The molecule has 0 aliphatic heterocycles. The number of hydrogen-bond donors (Lipinski definition) is 3. The van der Waals surface area contributed by atoms with E-state index in [0.717, 1.165) is 10.2 Å². The number of hydrogen-bond acceptors (Lipinski definition) is 4. The van der Waals surface area contributed by atoms with Gasteiger partial charge in [0.25, 0.3) is 5.91 Å². The Kier molecular flexibility index (Phi) is 3.96. The number of hydrazone groups is 1. The van der Waals surface area contributed by atoms with Crippen LogP contribution in [0.1, 0.15) is 21.7 Å². The van der Waals surface area contributed by atoms with E-state index in [0.29, 0.717) is 5.56 Å². The van der Waals surface area contributed by atoms with Crippen LogP contribution in [0.3, 0.4) is 0 Å². The van der Waals surface area contributed by atoms with E-state index in [1.165, 1.54) is 12.3 Å². The lowest BCUT2D eigenvalue weighted by Crippen LogP contribution is -2.18. The summed E-state index contributed by atoms with van der Waals surface area (Å²) in [5.41, 5.74) is 4.07. The van der Waals surface area contributed by atoms with Crippen molar-refractivity contribution >= 4 is 28.1 Å². The molecule has 0 radical (unpaired) electrons. The van der Waals surface area contributed by atoms with Crippen LogP contribution < -0.4 is 5.43 Å². The molecule has 1 aromatic carbocycles. The highest BCUT2D eigenvalue weighted by Gasteiger charge is 2.07. The molecule has 2 rings (SSSR count). The fourth-order valence-corrected chi connectivity index (χ4v) is 1.73. The van der Waals surface area contributed by atoms with E-state index in [1.54, 1.807) is 25.1 Å². The van der Waals surface area contributed by atoms with Crippen LogP contribution in [0.15, 0.2) is 33.8 Å². The monoisotopic (exact) mass is 322 g/mol. The molecule has 3 N–H and O–H groups in total. The van der Waals surface area contributed by atoms with E-state index in [2.05, 4.69) is 36.7 Å². The average molecular weight is 323 g/mol. The normalized spacial score (nSPS) is 10.8. The highest BCUT2D eigenvalue weighted by atomic mass is 79.9. The molecule has 1 amide bonds. The van der Waals surface area contributed by atoms with Crippen molar-refractivity contribution in [1.82, 2.24) is 15.6 Å². The van der Waals surface area contributed by atoms with Crippen LogP contribution in [0.5, 0.6) is 5.75 Å². The first-order valence-electron chi connectivity index (χ1n) is 5.40. The van der Waals surface area contributed by atoms with Gasteiger partial charge in [0.05, 0.1) is 6.21 Å². The number of phenols is 1. The highest BCUT2D eigenvalue weighted by Crippen LogP contribution is 2.19. The minimum atomic E-state index is -0.406. The molecule has 6 nitrogen and oxygen atoms in total. The van der Waals surface area contributed by atoms with E-state index in [9.17, 15) is 9.90 Å². The molecule has 0 aliphatic carbocycles. The number of amides is 1. The summed E-state index contributed by atoms with van der Waals surface area (Å²) in [7, 11) is 0. The first-order chi connectivity index (χ1) is 9.06. The Labute approximate surface area is 117 Å². The standard InChI is InChI=1S/C12H11BrN4O2/c1-7-4-11(16-15-7)12(19)17-14-6-8-5-9(18)2-3-10(8)13/h2-6,18H,1H3,(H,15,16)(H,17,19)/b14-6+. The summed E-state index contributed by atoms with van der Waals surface area (Å²) in [4.78, 5) is 11.6. The number of nitrogens with zero attached hydrogens (tertiary/aromatic N) is 2. The molecular weight excluding hydrogens is 312 g/mol. The number of aromatic nitrogens is 2. The SMILES string of the molecule is Cc1cc(C(=O)N/N=C/c2cc(O)ccc2Br)n[nH]1. The molecule has 0 atom stereocenters. The second-order valence-corrected chi connectivity index (χ2v) is 4.70. The van der Waals surface area contributed by atoms with E-state index in [-0.39, 0.29) is 11.4 Å². The zero-order chi connectivity index (χ0) is 13.8. The molecule has 2 aromatic rings. The fourth-order valence-electron chi connectivity index (χ4n) is 1.38. The molecule has 19 heavy (non-hydrogen) atoms. The number of aromatic hydroxyl groups is 1. The molecule has 0 fully saturated rings. The third kappa shape index (κ3) is 3.41. The van der Waals surface area contributed by atoms with Gasteiger partial charge in [-0.15, -0.1) is 0 Å². The first kappa shape index (κ1) is 13.3. The minimum Gasteiger partial charge on any atom is -0.508 e. The van der Waals surface area contributed by atoms with Crippen LogP contribution in [0, 0.1) is 6.92 Å². The number of benzene rings is 1. The quantitative estimate of drug-likeness (QED) is 0.596. The predicted molar refractivity (Wildman–Crippen MR) is 74.2 cm³/mol. The van der Waals surface area contributed by atoms with Crippen molar-refractivity contribution < 1.29 is 9.90 Å². The third-order valence-corrected chi connectivity index (χ3v) is 3.01. The van der Waals surface area contributed by atoms with Crippen molar-refractivity contribution in [2.75, 3.05) is 0 Å². The van der Waals surface area contributed by atoms with Crippen LogP contribution in [-0.4, -0.2) is 27.4 Å². The molecule has 0 saturated heterocycles. The van der Waals surface area contributed by atoms with Crippen LogP contribution >= 0.6 is 15.9 Å². The Morgan fingerprint density at radius 3 is 3.00 bits per heavy atom. The number of H-pyrrole nitrogens is 1. The zero-order valence-electron chi connectivity index (χ0n) is 10.0. The number of rotatable bonds is 3. The van der Waals surface area contributed by atoms with Crippen molar-refractivity contribution in [1.29, 1.82) is 0 Å². The predicted octanol–water partition coefficient (Wildman–Crippen LogP) is 1.95. The van der Waals surface area contributed by atoms with Crippen molar-refractivity contribution in [2.45, 2.75) is 6.92 Å². The van der Waals surface area contributed by atoms with Gasteiger partial charge in [-0.1, -0.05) is 15.9 Å². The molecule has 0 saturated carbocycles. The largest absolute Gasteiger partial charge is 0.508 e. The summed E-state index contributed by atoms with van der Waals surface area (Å²) in [6, 6.07) is 6.38. The maximum absolute atomic E-state index is 11.6. The Bertz CT molecular complexity index is 636. The molecular formula is C12H11BrN4O2. The number of aryl methyl sites for hydroxylation is 1. The van der Waals surface area contributed by atoms with Crippen LogP contribution in [0.4, 0.5) is 0 Å². The van der Waals surface area contributed by atoms with Gasteiger partial charge in [-0.2, -0.15) is 10.2 Å². The summed E-state index contributed by atoms with van der Waals surface area (Å²) in [5, 5.41) is 19.6. The van der Waals surface area contributed by atoms with E-state index in [1.807, 2.05) is 0 Å². The van der Waals surface area contributed by atoms with Gasteiger partial charge in [0.15, 0.2) is 5.69 Å². The fraction of sp³-hybridized carbons (Fsp3) is 0.0833. The lowest BCUT2D eigenvalue weighted by Gasteiger charge is -1.99. The summed E-state index contributed by atoms with van der Waals surface area (Å²) in [5.74, 6) is -0.282. The number of carbonyl (C=O) groups excluding carboxylic acids is 1. The van der Waals surface area contributed by atoms with E-state index in [4.69, 9.17) is 0 Å². The maximum Gasteiger partial charge on any atom is 0.291 e. The van der Waals surface area contributed by atoms with Crippen LogP contribution in [-0.2, 0) is 0 Å². The summed E-state index contributed by atoms with van der Waals surface area (Å²) < 4.78 is 0.763. The Morgan fingerprint density at radius 1 is 1.53 bits per heavy atom. The van der Waals surface area contributed by atoms with Gasteiger partial charge in [-0.05, 0) is 31.2 Å². The Morgan fingerprint density at radius 2 is 2.32 bits per heavy atom. The molecule has 1 aromatic heterocycles. The van der Waals surface area contributed by atoms with Crippen LogP contribution in [0.25, 0.3) is 0 Å². The number of carbonyl (C=O) groups is 1. The first-order valence-corrected chi connectivity index (χ1v) is 6.19. The molecule has 1 heterocycles. The van der Waals surface area contributed by atoms with Crippen molar-refractivity contribution in [3.63, 3.8) is 0 Å². The van der Waals surface area contributed by atoms with Gasteiger partial charge in [-0.3, -0.25) is 9.89 Å². The van der Waals surface area contributed by atoms with E-state index >= 15 is 0 Å². The third-order valence-electron chi connectivity index (χ3n) is 2.29. The smallest absolute Gasteiger partial charge is 0.291 e. The summed E-state index contributed by atoms with van der Waals surface area (Å²) in [6.07, 6.45) is 1.43. The zero-order valence-corrected chi connectivity index (χ0v) is 11.6. The number of halogens is 1. The van der Waals surface area contributed by atoms with Gasteiger partial charge in [-0.25, -0.2) is 5.43 Å². The maximum atomic E-state index is 11.6. The van der Waals surface area contributed by atoms with Gasteiger partial charge in [0.1, 0.15) is 5.75 Å². The van der Waals surface area contributed by atoms with Gasteiger partial charge in [0, 0.05) is 15.7 Å². The second-order valence-electron chi connectivity index (χ2n) is 3.84. The number of aromatic amines is 1. The van der Waals surface area contributed by atoms with Gasteiger partial charge in [0.2, 0.25) is 0 Å². The summed E-state index contributed by atoms with van der Waals surface area (Å²) >= 11 is 3.31. The van der Waals surface area contributed by atoms with Crippen LogP contribution in [0.2, 0.25) is 0 Å². The van der Waals surface area contributed by atoms with Gasteiger partial charge >= 0.3 is 0 Å². The molecule has 0 aliphatic rings. The lowest BCUT2D eigenvalue weighted by molar-refractivity contribution is 0.0950. The Hall–Kier alpha value is -2.15. The Balaban J connectivity index is 2.04. The van der Waals surface area contributed by atoms with Crippen molar-refractivity contribution in [2.24, 2.45) is 5.10 Å². The highest BCUT2D eigenvalue weighted by molar-refractivity contribution is 9.10. The van der Waals surface area contributed by atoms with Gasteiger partial charge < -0.3 is 5.11 Å². The lowest BCUT2D eigenvalue weighted by atomic mass is 10.2.